The lowest BCUT2D eigenvalue weighted by molar-refractivity contribution is -0.106. The van der Waals surface area contributed by atoms with Crippen molar-refractivity contribution in [1.82, 2.24) is 0 Å². The van der Waals surface area contributed by atoms with Gasteiger partial charge < -0.3 is 0 Å². The molecule has 0 saturated carbocycles. The van der Waals surface area contributed by atoms with Crippen molar-refractivity contribution >= 4 is 21.4 Å². The number of rotatable bonds is 2. The Morgan fingerprint density at radius 1 is 1.30 bits per heavy atom. The van der Waals surface area contributed by atoms with E-state index >= 15 is 0 Å². The first-order valence-electron chi connectivity index (χ1n) is 2.10. The largest absolute Gasteiger partial charge is 0.402 e. The molecular formula is C3H4ClF3O2S. The fraction of sp³-hybridized carbons (Fsp3) is 1.00. The summed E-state index contributed by atoms with van der Waals surface area (Å²) in [5.74, 6) is -1.84. The van der Waals surface area contributed by atoms with Crippen LogP contribution in [0.25, 0.3) is 0 Å². The third kappa shape index (κ3) is 4.87. The Labute approximate surface area is 60.9 Å². The average molecular weight is 197 g/mol. The number of hydrogen-bond acceptors (Lipinski definition) is 2. The lowest BCUT2D eigenvalue weighted by Gasteiger charge is -2.03. The highest BCUT2D eigenvalue weighted by atomic mass is 35.5. The Balaban J connectivity index is 4.18. The van der Waals surface area contributed by atoms with Gasteiger partial charge in [0.25, 0.3) is 0 Å². The van der Waals surface area contributed by atoms with Crippen molar-refractivity contribution in [3.63, 3.8) is 0 Å². The van der Waals surface area contributed by atoms with Gasteiger partial charge in [0.2, 0.25) is 0 Å². The molecule has 0 radical (unpaired) electrons. The number of alkyl halides is 4. The predicted molar refractivity (Wildman–Crippen MR) is 30.6 cm³/mol. The number of sulfone groups is 1. The van der Waals surface area contributed by atoms with Crippen LogP contribution in [-0.4, -0.2) is 25.6 Å². The molecule has 10 heavy (non-hydrogen) atoms. The van der Waals surface area contributed by atoms with Crippen LogP contribution < -0.4 is 0 Å². The molecule has 0 atom stereocenters. The van der Waals surface area contributed by atoms with Crippen LogP contribution in [-0.2, 0) is 9.84 Å². The second-order valence-corrected chi connectivity index (χ2v) is 4.26. The maximum Gasteiger partial charge on any atom is 0.402 e. The van der Waals surface area contributed by atoms with Crippen molar-refractivity contribution in [3.05, 3.63) is 0 Å². The SMILES string of the molecule is O=S(=O)(CCl)CC(F)(F)F. The molecule has 0 saturated heterocycles. The van der Waals surface area contributed by atoms with Crippen LogP contribution in [0.15, 0.2) is 0 Å². The minimum absolute atomic E-state index is 0.994. The van der Waals surface area contributed by atoms with Crippen LogP contribution in [0, 0.1) is 0 Å². The summed E-state index contributed by atoms with van der Waals surface area (Å²) in [5, 5.41) is -0.994. The number of halogens is 4. The van der Waals surface area contributed by atoms with Crippen LogP contribution in [0.5, 0.6) is 0 Å². The van der Waals surface area contributed by atoms with E-state index in [-0.39, 0.29) is 0 Å². The Morgan fingerprint density at radius 3 is 1.80 bits per heavy atom. The molecule has 0 aromatic heterocycles. The molecule has 0 aromatic carbocycles. The fourth-order valence-corrected chi connectivity index (χ4v) is 1.10. The van der Waals surface area contributed by atoms with Gasteiger partial charge in [-0.15, -0.1) is 11.6 Å². The van der Waals surface area contributed by atoms with Gasteiger partial charge >= 0.3 is 6.18 Å². The predicted octanol–water partition coefficient (Wildman–Crippen LogP) is 1.16. The molecule has 0 aromatic rings. The average Bonchev–Trinajstić information content (AvgIpc) is 1.60. The van der Waals surface area contributed by atoms with Gasteiger partial charge in [-0.25, -0.2) is 8.42 Å². The first-order chi connectivity index (χ1) is 4.27. The van der Waals surface area contributed by atoms with Gasteiger partial charge in [0.15, 0.2) is 9.84 Å². The first kappa shape index (κ1) is 10.0. The molecule has 0 aliphatic rings. The van der Waals surface area contributed by atoms with E-state index < -0.39 is 27.0 Å². The molecule has 0 spiro atoms. The molecule has 0 aliphatic carbocycles. The Morgan fingerprint density at radius 2 is 1.70 bits per heavy atom. The van der Waals surface area contributed by atoms with Crippen molar-refractivity contribution in [1.29, 1.82) is 0 Å². The van der Waals surface area contributed by atoms with Crippen LogP contribution >= 0.6 is 11.6 Å². The van der Waals surface area contributed by atoms with Crippen LogP contribution in [0.4, 0.5) is 13.2 Å². The molecule has 0 heterocycles. The molecule has 0 unspecified atom stereocenters. The molecule has 62 valence electrons. The zero-order valence-corrected chi connectivity index (χ0v) is 6.22. The van der Waals surface area contributed by atoms with Gasteiger partial charge in [-0.3, -0.25) is 0 Å². The molecule has 7 heteroatoms. The van der Waals surface area contributed by atoms with Gasteiger partial charge in [0.05, 0.1) is 0 Å². The summed E-state index contributed by atoms with van der Waals surface area (Å²) in [6.07, 6.45) is -4.69. The highest BCUT2D eigenvalue weighted by Gasteiger charge is 2.34. The maximum atomic E-state index is 11.3. The van der Waals surface area contributed by atoms with Crippen molar-refractivity contribution in [2.75, 3.05) is 11.0 Å². The summed E-state index contributed by atoms with van der Waals surface area (Å²) < 4.78 is 54.2. The van der Waals surface area contributed by atoms with Crippen LogP contribution in [0.3, 0.4) is 0 Å². The van der Waals surface area contributed by atoms with Gasteiger partial charge in [0.1, 0.15) is 11.0 Å². The van der Waals surface area contributed by atoms with Crippen molar-refractivity contribution in [2.45, 2.75) is 6.18 Å². The molecule has 2 nitrogen and oxygen atoms in total. The minimum Gasteiger partial charge on any atom is -0.227 e. The smallest absolute Gasteiger partial charge is 0.227 e. The summed E-state index contributed by atoms with van der Waals surface area (Å²) >= 11 is 4.71. The standard InChI is InChI=1S/C3H4ClF3O2S/c4-2-10(8,9)1-3(5,6)7/h1-2H2. The first-order valence-corrected chi connectivity index (χ1v) is 4.45. The van der Waals surface area contributed by atoms with E-state index in [1.807, 2.05) is 0 Å². The van der Waals surface area contributed by atoms with Gasteiger partial charge in [-0.2, -0.15) is 13.2 Å². The molecule has 0 N–H and O–H groups in total. The monoisotopic (exact) mass is 196 g/mol. The quantitative estimate of drug-likeness (QED) is 0.621. The molecule has 0 aliphatic heterocycles. The Hall–Kier alpha value is 0.0300. The molecular weight excluding hydrogens is 193 g/mol. The second kappa shape index (κ2) is 2.96. The Kier molecular flexibility index (Phi) is 2.97. The summed E-state index contributed by atoms with van der Waals surface area (Å²) in [6.45, 7) is 0. The molecule has 0 fully saturated rings. The minimum atomic E-state index is -4.69. The summed E-state index contributed by atoms with van der Waals surface area (Å²) in [5.41, 5.74) is 0. The second-order valence-electron chi connectivity index (χ2n) is 1.61. The van der Waals surface area contributed by atoms with Gasteiger partial charge in [-0.05, 0) is 0 Å². The highest BCUT2D eigenvalue weighted by molar-refractivity contribution is 7.92. The van der Waals surface area contributed by atoms with E-state index in [0.29, 0.717) is 0 Å². The van der Waals surface area contributed by atoms with Crippen molar-refractivity contribution < 1.29 is 21.6 Å². The topological polar surface area (TPSA) is 34.1 Å². The van der Waals surface area contributed by atoms with E-state index in [4.69, 9.17) is 11.6 Å². The molecule has 0 amide bonds. The van der Waals surface area contributed by atoms with E-state index in [9.17, 15) is 21.6 Å². The fourth-order valence-electron chi connectivity index (χ4n) is 0.288. The lowest BCUT2D eigenvalue weighted by Crippen LogP contribution is -2.23. The molecule has 0 rings (SSSR count). The summed E-state index contributed by atoms with van der Waals surface area (Å²) in [6, 6.07) is 0. The molecule has 0 bridgehead atoms. The van der Waals surface area contributed by atoms with Gasteiger partial charge in [0, 0.05) is 0 Å². The van der Waals surface area contributed by atoms with Crippen molar-refractivity contribution in [2.24, 2.45) is 0 Å². The number of hydrogen-bond donors (Lipinski definition) is 0. The Bertz CT molecular complexity index is 194. The highest BCUT2D eigenvalue weighted by Crippen LogP contribution is 2.17. The third-order valence-corrected chi connectivity index (χ3v) is 2.65. The maximum absolute atomic E-state index is 11.3. The summed E-state index contributed by atoms with van der Waals surface area (Å²) in [4.78, 5) is 0. The third-order valence-electron chi connectivity index (χ3n) is 0.550. The zero-order chi connectivity index (χ0) is 8.41. The van der Waals surface area contributed by atoms with E-state index in [0.717, 1.165) is 0 Å². The van der Waals surface area contributed by atoms with Gasteiger partial charge in [-0.1, -0.05) is 0 Å². The van der Waals surface area contributed by atoms with E-state index in [1.165, 1.54) is 0 Å². The van der Waals surface area contributed by atoms with Crippen LogP contribution in [0.2, 0.25) is 0 Å². The zero-order valence-electron chi connectivity index (χ0n) is 4.65. The van der Waals surface area contributed by atoms with Crippen LogP contribution in [0.1, 0.15) is 0 Å². The van der Waals surface area contributed by atoms with E-state index in [2.05, 4.69) is 0 Å². The lowest BCUT2D eigenvalue weighted by atomic mass is 10.8. The normalized spacial score (nSPS) is 13.6. The summed E-state index contributed by atoms with van der Waals surface area (Å²) in [7, 11) is -4.14. The van der Waals surface area contributed by atoms with E-state index in [1.54, 1.807) is 0 Å². The van der Waals surface area contributed by atoms with Crippen molar-refractivity contribution in [3.8, 4) is 0 Å².